The van der Waals surface area contributed by atoms with Crippen LogP contribution in [0.5, 0.6) is 0 Å². The lowest BCUT2D eigenvalue weighted by Crippen LogP contribution is -2.39. The van der Waals surface area contributed by atoms with E-state index in [4.69, 9.17) is 10.5 Å². The molecule has 1 rings (SSSR count). The number of nitrogens with zero attached hydrogens (tertiary/aromatic N) is 2. The zero-order valence-corrected chi connectivity index (χ0v) is 12.4. The van der Waals surface area contributed by atoms with E-state index in [0.717, 1.165) is 12.8 Å². The number of aliphatic imine (C=N–C) groups is 1. The van der Waals surface area contributed by atoms with E-state index in [9.17, 15) is 8.42 Å². The Bertz CT molecular complexity index is 389. The fourth-order valence-electron chi connectivity index (χ4n) is 1.99. The minimum atomic E-state index is -3.05. The van der Waals surface area contributed by atoms with Crippen molar-refractivity contribution in [1.82, 2.24) is 9.62 Å². The van der Waals surface area contributed by atoms with Crippen LogP contribution in [0.3, 0.4) is 0 Å². The van der Waals surface area contributed by atoms with Crippen LogP contribution < -0.4 is 11.1 Å². The van der Waals surface area contributed by atoms with Crippen LogP contribution in [0.2, 0.25) is 0 Å². The second-order valence-electron chi connectivity index (χ2n) is 4.75. The number of guanidine groups is 1. The third-order valence-corrected chi connectivity index (χ3v) is 4.48. The number of nitrogens with two attached hydrogens (primary N) is 1. The summed E-state index contributed by atoms with van der Waals surface area (Å²) < 4.78 is 29.1. The molecule has 0 radical (unpaired) electrons. The van der Waals surface area contributed by atoms with Crippen LogP contribution in [0.25, 0.3) is 0 Å². The molecule has 0 aromatic rings. The van der Waals surface area contributed by atoms with Crippen molar-refractivity contribution in [3.05, 3.63) is 0 Å². The first-order chi connectivity index (χ1) is 8.93. The Morgan fingerprint density at radius 3 is 2.63 bits per heavy atom. The van der Waals surface area contributed by atoms with E-state index in [1.807, 2.05) is 0 Å². The van der Waals surface area contributed by atoms with Crippen molar-refractivity contribution >= 4 is 16.0 Å². The van der Waals surface area contributed by atoms with Gasteiger partial charge in [-0.2, -0.15) is 0 Å². The summed E-state index contributed by atoms with van der Waals surface area (Å²) in [6.07, 6.45) is 2.92. The molecule has 0 amide bonds. The van der Waals surface area contributed by atoms with E-state index in [2.05, 4.69) is 10.3 Å². The van der Waals surface area contributed by atoms with Crippen LogP contribution in [0.1, 0.15) is 12.8 Å². The predicted octanol–water partition coefficient (Wildman–Crippen LogP) is -0.791. The first kappa shape index (κ1) is 16.2. The number of rotatable bonds is 6. The Morgan fingerprint density at radius 2 is 2.11 bits per heavy atom. The van der Waals surface area contributed by atoms with Crippen molar-refractivity contribution in [2.24, 2.45) is 16.6 Å². The Labute approximate surface area is 115 Å². The lowest BCUT2D eigenvalue weighted by atomic mass is 9.98. The molecule has 1 fully saturated rings. The molecule has 7 nitrogen and oxygen atoms in total. The number of hydrogen-bond donors (Lipinski definition) is 2. The van der Waals surface area contributed by atoms with Crippen LogP contribution in [0.4, 0.5) is 0 Å². The van der Waals surface area contributed by atoms with Crippen molar-refractivity contribution in [2.75, 3.05) is 46.2 Å². The van der Waals surface area contributed by atoms with E-state index in [1.165, 1.54) is 10.6 Å². The lowest BCUT2D eigenvalue weighted by molar-refractivity contribution is 0.204. The molecule has 1 saturated heterocycles. The summed E-state index contributed by atoms with van der Waals surface area (Å²) in [6, 6.07) is 0. The van der Waals surface area contributed by atoms with Crippen LogP contribution in [-0.2, 0) is 14.8 Å². The van der Waals surface area contributed by atoms with Gasteiger partial charge < -0.3 is 15.8 Å². The molecule has 0 saturated carbocycles. The van der Waals surface area contributed by atoms with E-state index >= 15 is 0 Å². The Morgan fingerprint density at radius 1 is 1.47 bits per heavy atom. The molecule has 1 aliphatic heterocycles. The van der Waals surface area contributed by atoms with Gasteiger partial charge in [-0.3, -0.25) is 4.99 Å². The van der Waals surface area contributed by atoms with Gasteiger partial charge in [0, 0.05) is 33.3 Å². The molecule has 0 aliphatic carbocycles. The predicted molar refractivity (Wildman–Crippen MR) is 75.5 cm³/mol. The zero-order valence-electron chi connectivity index (χ0n) is 11.6. The summed E-state index contributed by atoms with van der Waals surface area (Å²) in [4.78, 5) is 4.27. The highest BCUT2D eigenvalue weighted by Crippen LogP contribution is 2.19. The zero-order chi connectivity index (χ0) is 14.3. The topological polar surface area (TPSA) is 97.0 Å². The molecule has 1 aliphatic rings. The highest BCUT2D eigenvalue weighted by atomic mass is 32.2. The van der Waals surface area contributed by atoms with E-state index in [1.54, 1.807) is 7.11 Å². The van der Waals surface area contributed by atoms with Crippen LogP contribution in [0, 0.1) is 5.92 Å². The van der Waals surface area contributed by atoms with Gasteiger partial charge in [-0.05, 0) is 18.8 Å². The molecule has 8 heteroatoms. The molecule has 0 bridgehead atoms. The minimum absolute atomic E-state index is 0.403. The van der Waals surface area contributed by atoms with Crippen LogP contribution >= 0.6 is 0 Å². The molecule has 0 aromatic carbocycles. The SMILES string of the molecule is COCCNC(N)=NCC1CCN(S(C)(=O)=O)CC1. The maximum Gasteiger partial charge on any atom is 0.211 e. The van der Waals surface area contributed by atoms with Gasteiger partial charge in [-0.15, -0.1) is 0 Å². The number of sulfonamides is 1. The van der Waals surface area contributed by atoms with Gasteiger partial charge in [-0.25, -0.2) is 12.7 Å². The maximum absolute atomic E-state index is 11.4. The highest BCUT2D eigenvalue weighted by Gasteiger charge is 2.24. The number of methoxy groups -OCH3 is 1. The van der Waals surface area contributed by atoms with Gasteiger partial charge >= 0.3 is 0 Å². The molecule has 3 N–H and O–H groups in total. The number of piperidine rings is 1. The highest BCUT2D eigenvalue weighted by molar-refractivity contribution is 7.88. The smallest absolute Gasteiger partial charge is 0.211 e. The summed E-state index contributed by atoms with van der Waals surface area (Å²) in [5, 5.41) is 2.95. The molecule has 1 heterocycles. The molecule has 19 heavy (non-hydrogen) atoms. The number of ether oxygens (including phenoxy) is 1. The fraction of sp³-hybridized carbons (Fsp3) is 0.909. The summed E-state index contributed by atoms with van der Waals surface area (Å²) >= 11 is 0. The molecule has 112 valence electrons. The Balaban J connectivity index is 2.27. The van der Waals surface area contributed by atoms with Gasteiger partial charge in [0.1, 0.15) is 0 Å². The van der Waals surface area contributed by atoms with E-state index in [0.29, 0.717) is 44.7 Å². The van der Waals surface area contributed by atoms with Gasteiger partial charge in [0.15, 0.2) is 5.96 Å². The van der Waals surface area contributed by atoms with Gasteiger partial charge in [-0.1, -0.05) is 0 Å². The second-order valence-corrected chi connectivity index (χ2v) is 6.73. The monoisotopic (exact) mass is 292 g/mol. The standard InChI is InChI=1S/C11H24N4O3S/c1-18-8-5-13-11(12)14-9-10-3-6-15(7-4-10)19(2,16)17/h10H,3-9H2,1-2H3,(H3,12,13,14). The third-order valence-electron chi connectivity index (χ3n) is 3.17. The fourth-order valence-corrected chi connectivity index (χ4v) is 2.86. The molecule has 0 spiro atoms. The maximum atomic E-state index is 11.4. The first-order valence-electron chi connectivity index (χ1n) is 6.41. The summed E-state index contributed by atoms with van der Waals surface area (Å²) in [6.45, 7) is 3.02. The van der Waals surface area contributed by atoms with Crippen molar-refractivity contribution < 1.29 is 13.2 Å². The first-order valence-corrected chi connectivity index (χ1v) is 8.26. The average molecular weight is 292 g/mol. The van der Waals surface area contributed by atoms with Crippen molar-refractivity contribution in [3.63, 3.8) is 0 Å². The van der Waals surface area contributed by atoms with Gasteiger partial charge in [0.25, 0.3) is 0 Å². The van der Waals surface area contributed by atoms with Crippen LogP contribution in [-0.4, -0.2) is 64.8 Å². The largest absolute Gasteiger partial charge is 0.383 e. The van der Waals surface area contributed by atoms with Crippen molar-refractivity contribution in [1.29, 1.82) is 0 Å². The molecule has 0 aromatic heterocycles. The molecule has 0 atom stereocenters. The summed E-state index contributed by atoms with van der Waals surface area (Å²) in [7, 11) is -1.42. The minimum Gasteiger partial charge on any atom is -0.383 e. The quantitative estimate of drug-likeness (QED) is 0.380. The molecular weight excluding hydrogens is 268 g/mol. The van der Waals surface area contributed by atoms with Gasteiger partial charge in [0.05, 0.1) is 12.9 Å². The van der Waals surface area contributed by atoms with Crippen molar-refractivity contribution in [2.45, 2.75) is 12.8 Å². The van der Waals surface area contributed by atoms with Crippen molar-refractivity contribution in [3.8, 4) is 0 Å². The summed E-state index contributed by atoms with van der Waals surface area (Å²) in [5.74, 6) is 0.823. The number of nitrogens with one attached hydrogen (secondary N) is 1. The summed E-state index contributed by atoms with van der Waals surface area (Å²) in [5.41, 5.74) is 5.71. The average Bonchev–Trinajstić information content (AvgIpc) is 2.36. The van der Waals surface area contributed by atoms with Crippen LogP contribution in [0.15, 0.2) is 4.99 Å². The molecular formula is C11H24N4O3S. The Kier molecular flexibility index (Phi) is 6.53. The lowest BCUT2D eigenvalue weighted by Gasteiger charge is -2.29. The second kappa shape index (κ2) is 7.66. The Hall–Kier alpha value is -0.860. The number of hydrogen-bond acceptors (Lipinski definition) is 4. The third kappa shape index (κ3) is 6.22. The van der Waals surface area contributed by atoms with E-state index < -0.39 is 10.0 Å². The molecule has 0 unspecified atom stereocenters. The van der Waals surface area contributed by atoms with E-state index in [-0.39, 0.29) is 0 Å². The normalized spacial score (nSPS) is 19.6. The van der Waals surface area contributed by atoms with Gasteiger partial charge in [0.2, 0.25) is 10.0 Å².